The summed E-state index contributed by atoms with van der Waals surface area (Å²) in [5.74, 6) is -0.518. The van der Waals surface area contributed by atoms with Gasteiger partial charge in [0, 0.05) is 0 Å². The van der Waals surface area contributed by atoms with Crippen molar-refractivity contribution in [1.82, 2.24) is 0 Å². The topological polar surface area (TPSA) is 35.5 Å². The molecule has 0 spiro atoms. The van der Waals surface area contributed by atoms with Gasteiger partial charge in [-0.25, -0.2) is 4.39 Å². The van der Waals surface area contributed by atoms with Gasteiger partial charge in [0.1, 0.15) is 0 Å². The van der Waals surface area contributed by atoms with Gasteiger partial charge in [0.25, 0.3) is 0 Å². The van der Waals surface area contributed by atoms with E-state index in [1.54, 1.807) is 31.2 Å². The van der Waals surface area contributed by atoms with E-state index in [4.69, 9.17) is 9.47 Å². The SMILES string of the molecule is CCOC(=O)CC=Cc1ccc(OC)c(F)c1. The highest BCUT2D eigenvalue weighted by molar-refractivity contribution is 5.72. The lowest BCUT2D eigenvalue weighted by molar-refractivity contribution is -0.142. The summed E-state index contributed by atoms with van der Waals surface area (Å²) in [6.07, 6.45) is 3.49. The van der Waals surface area contributed by atoms with Crippen LogP contribution in [-0.4, -0.2) is 19.7 Å². The number of carbonyl (C=O) groups excluding carboxylic acids is 1. The van der Waals surface area contributed by atoms with Crippen molar-refractivity contribution in [2.24, 2.45) is 0 Å². The number of ether oxygens (including phenoxy) is 2. The van der Waals surface area contributed by atoms with Crippen LogP contribution in [-0.2, 0) is 9.53 Å². The van der Waals surface area contributed by atoms with Crippen LogP contribution in [0.1, 0.15) is 18.9 Å². The Morgan fingerprint density at radius 1 is 1.47 bits per heavy atom. The Morgan fingerprint density at radius 2 is 2.24 bits per heavy atom. The van der Waals surface area contributed by atoms with Gasteiger partial charge in [-0.2, -0.15) is 0 Å². The van der Waals surface area contributed by atoms with E-state index in [1.807, 2.05) is 0 Å². The van der Waals surface area contributed by atoms with Crippen molar-refractivity contribution in [2.75, 3.05) is 13.7 Å². The molecule has 0 unspecified atom stereocenters. The molecule has 0 atom stereocenters. The Morgan fingerprint density at radius 3 is 2.82 bits per heavy atom. The maximum atomic E-state index is 13.3. The van der Waals surface area contributed by atoms with E-state index in [-0.39, 0.29) is 18.1 Å². The number of rotatable bonds is 5. The Hall–Kier alpha value is -1.84. The normalized spacial score (nSPS) is 10.5. The molecule has 1 aromatic carbocycles. The predicted octanol–water partition coefficient (Wildman–Crippen LogP) is 2.80. The summed E-state index contributed by atoms with van der Waals surface area (Å²) in [4.78, 5) is 11.0. The summed E-state index contributed by atoms with van der Waals surface area (Å²) >= 11 is 0. The zero-order valence-electron chi connectivity index (χ0n) is 9.90. The summed E-state index contributed by atoms with van der Waals surface area (Å²) in [5, 5.41) is 0. The summed E-state index contributed by atoms with van der Waals surface area (Å²) < 4.78 is 22.9. The molecular weight excluding hydrogens is 223 g/mol. The third kappa shape index (κ3) is 4.26. The van der Waals surface area contributed by atoms with Gasteiger partial charge >= 0.3 is 5.97 Å². The molecule has 0 saturated heterocycles. The number of halogens is 1. The van der Waals surface area contributed by atoms with E-state index >= 15 is 0 Å². The lowest BCUT2D eigenvalue weighted by atomic mass is 10.2. The van der Waals surface area contributed by atoms with Crippen LogP contribution >= 0.6 is 0 Å². The Bertz CT molecular complexity index is 413. The second-order valence-corrected chi connectivity index (χ2v) is 3.31. The largest absolute Gasteiger partial charge is 0.494 e. The van der Waals surface area contributed by atoms with Crippen LogP contribution in [0.25, 0.3) is 6.08 Å². The summed E-state index contributed by atoms with van der Waals surface area (Å²) in [6, 6.07) is 4.60. The molecule has 0 fully saturated rings. The molecule has 0 saturated carbocycles. The fourth-order valence-corrected chi connectivity index (χ4v) is 1.30. The highest BCUT2D eigenvalue weighted by atomic mass is 19.1. The van der Waals surface area contributed by atoms with Crippen molar-refractivity contribution in [2.45, 2.75) is 13.3 Å². The van der Waals surface area contributed by atoms with Gasteiger partial charge in [0.05, 0.1) is 20.1 Å². The number of hydrogen-bond donors (Lipinski definition) is 0. The zero-order chi connectivity index (χ0) is 12.7. The van der Waals surface area contributed by atoms with Crippen LogP contribution in [0, 0.1) is 5.82 Å². The fraction of sp³-hybridized carbons (Fsp3) is 0.308. The second-order valence-electron chi connectivity index (χ2n) is 3.31. The number of methoxy groups -OCH3 is 1. The van der Waals surface area contributed by atoms with E-state index in [9.17, 15) is 9.18 Å². The smallest absolute Gasteiger partial charge is 0.309 e. The van der Waals surface area contributed by atoms with Crippen LogP contribution in [0.5, 0.6) is 5.75 Å². The maximum absolute atomic E-state index is 13.3. The zero-order valence-corrected chi connectivity index (χ0v) is 9.90. The minimum absolute atomic E-state index is 0.182. The third-order valence-corrected chi connectivity index (χ3v) is 2.08. The number of benzene rings is 1. The molecule has 0 aliphatic heterocycles. The highest BCUT2D eigenvalue weighted by Gasteiger charge is 2.01. The van der Waals surface area contributed by atoms with E-state index in [0.717, 1.165) is 0 Å². The predicted molar refractivity (Wildman–Crippen MR) is 63.2 cm³/mol. The van der Waals surface area contributed by atoms with Crippen molar-refractivity contribution < 1.29 is 18.7 Å². The van der Waals surface area contributed by atoms with E-state index in [2.05, 4.69) is 0 Å². The van der Waals surface area contributed by atoms with E-state index in [0.29, 0.717) is 12.2 Å². The Labute approximate surface area is 99.9 Å². The van der Waals surface area contributed by atoms with Gasteiger partial charge in [-0.1, -0.05) is 18.2 Å². The molecule has 0 aromatic heterocycles. The molecular formula is C13H15FO3. The Balaban J connectivity index is 2.60. The molecule has 0 N–H and O–H groups in total. The molecule has 17 heavy (non-hydrogen) atoms. The van der Waals surface area contributed by atoms with Gasteiger partial charge in [-0.15, -0.1) is 0 Å². The standard InChI is InChI=1S/C13H15FO3/c1-3-17-13(15)6-4-5-10-7-8-12(16-2)11(14)9-10/h4-5,7-9H,3,6H2,1-2H3. The average Bonchev–Trinajstić information content (AvgIpc) is 2.29. The molecule has 0 radical (unpaired) electrons. The quantitative estimate of drug-likeness (QED) is 0.740. The van der Waals surface area contributed by atoms with E-state index in [1.165, 1.54) is 13.2 Å². The first kappa shape index (κ1) is 13.2. The van der Waals surface area contributed by atoms with Crippen LogP contribution < -0.4 is 4.74 Å². The second kappa shape index (κ2) is 6.68. The molecule has 1 aromatic rings. The van der Waals surface area contributed by atoms with Gasteiger partial charge in [0.2, 0.25) is 0 Å². The van der Waals surface area contributed by atoms with Crippen molar-refractivity contribution in [3.63, 3.8) is 0 Å². The molecule has 0 bridgehead atoms. The summed E-state index contributed by atoms with van der Waals surface area (Å²) in [5.41, 5.74) is 0.674. The highest BCUT2D eigenvalue weighted by Crippen LogP contribution is 2.18. The summed E-state index contributed by atoms with van der Waals surface area (Å²) in [6.45, 7) is 2.12. The van der Waals surface area contributed by atoms with Gasteiger partial charge in [-0.3, -0.25) is 4.79 Å². The monoisotopic (exact) mass is 238 g/mol. The van der Waals surface area contributed by atoms with Crippen molar-refractivity contribution in [3.8, 4) is 5.75 Å². The van der Waals surface area contributed by atoms with Crippen molar-refractivity contribution >= 4 is 12.0 Å². The lowest BCUT2D eigenvalue weighted by Gasteiger charge is -2.02. The fourth-order valence-electron chi connectivity index (χ4n) is 1.30. The molecule has 4 heteroatoms. The molecule has 3 nitrogen and oxygen atoms in total. The first-order chi connectivity index (χ1) is 8.17. The lowest BCUT2D eigenvalue weighted by Crippen LogP contribution is -2.01. The van der Waals surface area contributed by atoms with Crippen LogP contribution in [0.4, 0.5) is 4.39 Å². The number of esters is 1. The molecule has 92 valence electrons. The molecule has 0 aliphatic rings. The van der Waals surface area contributed by atoms with Gasteiger partial charge in [0.15, 0.2) is 11.6 Å². The molecule has 0 heterocycles. The van der Waals surface area contributed by atoms with Crippen LogP contribution in [0.3, 0.4) is 0 Å². The van der Waals surface area contributed by atoms with Crippen molar-refractivity contribution in [3.05, 3.63) is 35.7 Å². The minimum atomic E-state index is -0.425. The van der Waals surface area contributed by atoms with E-state index < -0.39 is 5.82 Å². The molecule has 1 rings (SSSR count). The Kier molecular flexibility index (Phi) is 5.20. The summed E-state index contributed by atoms with van der Waals surface area (Å²) in [7, 11) is 1.41. The maximum Gasteiger partial charge on any atom is 0.309 e. The first-order valence-electron chi connectivity index (χ1n) is 5.33. The third-order valence-electron chi connectivity index (χ3n) is 2.08. The number of carbonyl (C=O) groups is 1. The minimum Gasteiger partial charge on any atom is -0.494 e. The average molecular weight is 238 g/mol. The molecule has 0 aliphatic carbocycles. The first-order valence-corrected chi connectivity index (χ1v) is 5.33. The van der Waals surface area contributed by atoms with Crippen LogP contribution in [0.2, 0.25) is 0 Å². The van der Waals surface area contributed by atoms with Crippen LogP contribution in [0.15, 0.2) is 24.3 Å². The van der Waals surface area contributed by atoms with Gasteiger partial charge in [-0.05, 0) is 24.6 Å². The van der Waals surface area contributed by atoms with Crippen molar-refractivity contribution in [1.29, 1.82) is 0 Å². The number of hydrogen-bond acceptors (Lipinski definition) is 3. The van der Waals surface area contributed by atoms with Gasteiger partial charge < -0.3 is 9.47 Å². The molecule has 0 amide bonds.